The van der Waals surface area contributed by atoms with Crippen LogP contribution in [-0.4, -0.2) is 43.0 Å². The first kappa shape index (κ1) is 14.6. The van der Waals surface area contributed by atoms with Gasteiger partial charge in [-0.1, -0.05) is 0 Å². The number of amides is 1. The van der Waals surface area contributed by atoms with Crippen LogP contribution in [0.4, 0.5) is 11.4 Å². The first-order valence-electron chi connectivity index (χ1n) is 6.54. The van der Waals surface area contributed by atoms with Gasteiger partial charge in [0.2, 0.25) is 5.91 Å². The molecule has 6 heteroatoms. The van der Waals surface area contributed by atoms with Crippen LogP contribution in [0.1, 0.15) is 11.9 Å². The first-order valence-corrected chi connectivity index (χ1v) is 7.35. The summed E-state index contributed by atoms with van der Waals surface area (Å²) in [6.07, 6.45) is 0. The van der Waals surface area contributed by atoms with E-state index in [0.717, 1.165) is 27.5 Å². The second-order valence-electron chi connectivity index (χ2n) is 4.91. The van der Waals surface area contributed by atoms with Crippen molar-refractivity contribution >= 4 is 38.8 Å². The van der Waals surface area contributed by atoms with Gasteiger partial charge >= 0.3 is 0 Å². The minimum atomic E-state index is 0.0563. The topological polar surface area (TPSA) is 62.5 Å². The molecule has 0 fully saturated rings. The van der Waals surface area contributed by atoms with Crippen LogP contribution in [0.2, 0.25) is 0 Å². The van der Waals surface area contributed by atoms with Crippen molar-refractivity contribution in [1.29, 1.82) is 0 Å². The van der Waals surface area contributed by atoms with Crippen molar-refractivity contribution in [3.8, 4) is 0 Å². The second kappa shape index (κ2) is 5.66. The lowest BCUT2D eigenvalue weighted by Gasteiger charge is -2.25. The second-order valence-corrected chi connectivity index (χ2v) is 6.15. The third-order valence-corrected chi connectivity index (χ3v) is 4.12. The van der Waals surface area contributed by atoms with E-state index >= 15 is 0 Å². The Bertz CT molecular complexity index is 635. The number of anilines is 2. The highest BCUT2D eigenvalue weighted by Gasteiger charge is 2.15. The summed E-state index contributed by atoms with van der Waals surface area (Å²) in [5.41, 5.74) is 8.64. The molecule has 0 aliphatic carbocycles. The number of fused-ring (bicyclic) bond motifs is 1. The highest BCUT2D eigenvalue weighted by molar-refractivity contribution is 7.18. The van der Waals surface area contributed by atoms with Gasteiger partial charge in [0, 0.05) is 20.6 Å². The quantitative estimate of drug-likeness (QED) is 0.877. The van der Waals surface area contributed by atoms with Crippen LogP contribution >= 0.6 is 11.3 Å². The van der Waals surface area contributed by atoms with Gasteiger partial charge in [0.15, 0.2) is 0 Å². The summed E-state index contributed by atoms with van der Waals surface area (Å²) < 4.78 is 1.08. The Labute approximate surface area is 123 Å². The van der Waals surface area contributed by atoms with Crippen molar-refractivity contribution < 1.29 is 4.79 Å². The average molecular weight is 292 g/mol. The number of carbonyl (C=O) groups is 1. The van der Waals surface area contributed by atoms with Crippen molar-refractivity contribution in [2.45, 2.75) is 13.8 Å². The molecule has 1 aromatic heterocycles. The Kier molecular flexibility index (Phi) is 4.13. The molecular formula is C14H20N4OS. The smallest absolute Gasteiger partial charge is 0.241 e. The molecule has 0 bridgehead atoms. The molecule has 5 nitrogen and oxygen atoms in total. The van der Waals surface area contributed by atoms with E-state index in [-0.39, 0.29) is 5.91 Å². The fourth-order valence-electron chi connectivity index (χ4n) is 2.04. The number of benzene rings is 1. The average Bonchev–Trinajstić information content (AvgIpc) is 2.73. The van der Waals surface area contributed by atoms with E-state index in [1.165, 1.54) is 0 Å². The molecule has 0 aliphatic heterocycles. The molecule has 0 radical (unpaired) electrons. The van der Waals surface area contributed by atoms with Crippen LogP contribution in [0.25, 0.3) is 10.2 Å². The van der Waals surface area contributed by atoms with Gasteiger partial charge in [-0.2, -0.15) is 0 Å². The lowest BCUT2D eigenvalue weighted by atomic mass is 10.2. The minimum absolute atomic E-state index is 0.0563. The molecule has 1 heterocycles. The number of aryl methyl sites for hydroxylation is 1. The standard InChI is InChI=1S/C14H20N4OS/c1-5-18(8-14(19)17(3)4)12-7-11-13(6-10(12)15)20-9(2)16-11/h6-7H,5,8,15H2,1-4H3. The molecular weight excluding hydrogens is 272 g/mol. The number of nitrogen functional groups attached to an aromatic ring is 1. The van der Waals surface area contributed by atoms with E-state index < -0.39 is 0 Å². The van der Waals surface area contributed by atoms with Crippen LogP contribution in [0.5, 0.6) is 0 Å². The molecule has 0 saturated heterocycles. The zero-order valence-corrected chi connectivity index (χ0v) is 13.1. The monoisotopic (exact) mass is 292 g/mol. The SMILES string of the molecule is CCN(CC(=O)N(C)C)c1cc2nc(C)sc2cc1N. The van der Waals surface area contributed by atoms with Gasteiger partial charge in [0.05, 0.1) is 33.1 Å². The summed E-state index contributed by atoms with van der Waals surface area (Å²) in [6.45, 7) is 5.04. The van der Waals surface area contributed by atoms with E-state index in [1.807, 2.05) is 30.9 Å². The zero-order valence-electron chi connectivity index (χ0n) is 12.3. The summed E-state index contributed by atoms with van der Waals surface area (Å²) >= 11 is 1.63. The Hall–Kier alpha value is -1.82. The van der Waals surface area contributed by atoms with Gasteiger partial charge in [0.25, 0.3) is 0 Å². The number of hydrogen-bond acceptors (Lipinski definition) is 5. The number of nitrogens with two attached hydrogens (primary N) is 1. The fraction of sp³-hybridized carbons (Fsp3) is 0.429. The van der Waals surface area contributed by atoms with Gasteiger partial charge in [-0.25, -0.2) is 4.98 Å². The fourth-order valence-corrected chi connectivity index (χ4v) is 2.90. The molecule has 1 aromatic carbocycles. The van der Waals surface area contributed by atoms with E-state index in [4.69, 9.17) is 5.73 Å². The van der Waals surface area contributed by atoms with Gasteiger partial charge in [0.1, 0.15) is 0 Å². The third-order valence-electron chi connectivity index (χ3n) is 3.19. The number of carbonyl (C=O) groups excluding carboxylic acids is 1. The summed E-state index contributed by atoms with van der Waals surface area (Å²) in [5.74, 6) is 0.0563. The van der Waals surface area contributed by atoms with Crippen LogP contribution < -0.4 is 10.6 Å². The van der Waals surface area contributed by atoms with E-state index in [0.29, 0.717) is 12.2 Å². The third kappa shape index (κ3) is 2.85. The molecule has 2 rings (SSSR count). The molecule has 2 N–H and O–H groups in total. The van der Waals surface area contributed by atoms with E-state index in [9.17, 15) is 4.79 Å². The maximum absolute atomic E-state index is 11.9. The number of hydrogen-bond donors (Lipinski definition) is 1. The van der Waals surface area contributed by atoms with E-state index in [1.54, 1.807) is 30.3 Å². The highest BCUT2D eigenvalue weighted by Crippen LogP contribution is 2.31. The summed E-state index contributed by atoms with van der Waals surface area (Å²) in [5, 5.41) is 1.02. The predicted molar refractivity (Wildman–Crippen MR) is 85.4 cm³/mol. The maximum atomic E-state index is 11.9. The van der Waals surface area contributed by atoms with Crippen molar-refractivity contribution in [2.24, 2.45) is 0 Å². The van der Waals surface area contributed by atoms with Crippen molar-refractivity contribution in [1.82, 2.24) is 9.88 Å². The predicted octanol–water partition coefficient (Wildman–Crippen LogP) is 2.10. The molecule has 0 aliphatic rings. The van der Waals surface area contributed by atoms with E-state index in [2.05, 4.69) is 4.98 Å². The van der Waals surface area contributed by atoms with Crippen molar-refractivity contribution in [3.05, 3.63) is 17.1 Å². The summed E-state index contributed by atoms with van der Waals surface area (Å²) in [4.78, 5) is 19.9. The molecule has 0 atom stereocenters. The Morgan fingerprint density at radius 2 is 2.10 bits per heavy atom. The van der Waals surface area contributed by atoms with Gasteiger partial charge in [-0.3, -0.25) is 4.79 Å². The summed E-state index contributed by atoms with van der Waals surface area (Å²) in [7, 11) is 3.51. The number of aromatic nitrogens is 1. The van der Waals surface area contributed by atoms with Crippen LogP contribution in [0, 0.1) is 6.92 Å². The minimum Gasteiger partial charge on any atom is -0.397 e. The van der Waals surface area contributed by atoms with Crippen molar-refractivity contribution in [2.75, 3.05) is 37.8 Å². The highest BCUT2D eigenvalue weighted by atomic mass is 32.1. The van der Waals surface area contributed by atoms with Gasteiger partial charge in [-0.05, 0) is 26.0 Å². The number of likely N-dealkylation sites (N-methyl/N-ethyl adjacent to an activating group) is 2. The molecule has 0 saturated carbocycles. The van der Waals surface area contributed by atoms with Crippen molar-refractivity contribution in [3.63, 3.8) is 0 Å². The molecule has 0 spiro atoms. The molecule has 20 heavy (non-hydrogen) atoms. The summed E-state index contributed by atoms with van der Waals surface area (Å²) in [6, 6.07) is 3.92. The largest absolute Gasteiger partial charge is 0.397 e. The molecule has 1 amide bonds. The zero-order chi connectivity index (χ0) is 14.9. The Balaban J connectivity index is 2.38. The Morgan fingerprint density at radius 3 is 2.70 bits per heavy atom. The first-order chi connectivity index (χ1) is 9.42. The van der Waals surface area contributed by atoms with Crippen LogP contribution in [-0.2, 0) is 4.79 Å². The maximum Gasteiger partial charge on any atom is 0.241 e. The lowest BCUT2D eigenvalue weighted by Crippen LogP contribution is -2.36. The van der Waals surface area contributed by atoms with Crippen LogP contribution in [0.15, 0.2) is 12.1 Å². The molecule has 2 aromatic rings. The normalized spacial score (nSPS) is 10.8. The Morgan fingerprint density at radius 1 is 1.40 bits per heavy atom. The molecule has 108 valence electrons. The number of thiazole rings is 1. The van der Waals surface area contributed by atoms with Gasteiger partial charge in [-0.15, -0.1) is 11.3 Å². The number of rotatable bonds is 4. The lowest BCUT2D eigenvalue weighted by molar-refractivity contribution is -0.127. The molecule has 0 unspecified atom stereocenters. The number of nitrogens with zero attached hydrogens (tertiary/aromatic N) is 3. The van der Waals surface area contributed by atoms with Crippen LogP contribution in [0.3, 0.4) is 0 Å². The van der Waals surface area contributed by atoms with Gasteiger partial charge < -0.3 is 15.5 Å².